The molecule has 2 heterocycles. The van der Waals surface area contributed by atoms with E-state index in [1.807, 2.05) is 25.5 Å². The minimum absolute atomic E-state index is 0.495. The molecule has 0 bridgehead atoms. The van der Waals surface area contributed by atoms with Crippen molar-refractivity contribution in [3.8, 4) is 0 Å². The van der Waals surface area contributed by atoms with Gasteiger partial charge < -0.3 is 10.3 Å². The summed E-state index contributed by atoms with van der Waals surface area (Å²) in [5.74, 6) is 2.97. The molecule has 0 aliphatic carbocycles. The molecule has 90 valence electrons. The lowest BCUT2D eigenvalue weighted by molar-refractivity contribution is 0.815. The zero-order chi connectivity index (χ0) is 12.4. The van der Waals surface area contributed by atoms with Crippen LogP contribution in [-0.4, -0.2) is 24.7 Å². The maximum Gasteiger partial charge on any atom is 0.190 e. The number of hydrogen-bond donors (Lipinski definition) is 1. The summed E-state index contributed by atoms with van der Waals surface area (Å²) in [6.07, 6.45) is 0. The average molecular weight is 250 g/mol. The molecule has 2 N–H and O–H groups in total. The largest absolute Gasteiger partial charge is 0.384 e. The van der Waals surface area contributed by atoms with E-state index in [1.165, 1.54) is 11.8 Å². The van der Waals surface area contributed by atoms with Crippen molar-refractivity contribution in [1.29, 1.82) is 0 Å². The van der Waals surface area contributed by atoms with Gasteiger partial charge in [0.25, 0.3) is 0 Å². The second-order valence-corrected chi connectivity index (χ2v) is 4.67. The van der Waals surface area contributed by atoms with Gasteiger partial charge in [0.1, 0.15) is 17.5 Å². The average Bonchev–Trinajstić information content (AvgIpc) is 2.56. The van der Waals surface area contributed by atoms with Gasteiger partial charge in [0.05, 0.1) is 5.75 Å². The summed E-state index contributed by atoms with van der Waals surface area (Å²) in [5.41, 5.74) is 6.53. The minimum atomic E-state index is 0.495. The molecule has 0 saturated heterocycles. The lowest BCUT2D eigenvalue weighted by atomic mass is 10.4. The highest BCUT2D eigenvalue weighted by Gasteiger charge is 2.07. The standard InChI is InChI=1S/C10H14N6S/c1-6-4-8(11)13-10(12-6)17-5-9-15-14-7(2)16(9)3/h4H,5H2,1-3H3,(H2,11,12,13). The second-order valence-electron chi connectivity index (χ2n) is 3.73. The number of aryl methyl sites for hydroxylation is 2. The molecule has 2 aromatic heterocycles. The van der Waals surface area contributed by atoms with E-state index in [-0.39, 0.29) is 0 Å². The molecule has 0 fully saturated rings. The summed E-state index contributed by atoms with van der Waals surface area (Å²) in [7, 11) is 1.94. The zero-order valence-corrected chi connectivity index (χ0v) is 10.8. The number of nitrogens with zero attached hydrogens (tertiary/aromatic N) is 5. The highest BCUT2D eigenvalue weighted by atomic mass is 32.2. The molecule has 17 heavy (non-hydrogen) atoms. The lowest BCUT2D eigenvalue weighted by Crippen LogP contribution is -2.00. The molecule has 7 heteroatoms. The Balaban J connectivity index is 2.09. The fourth-order valence-corrected chi connectivity index (χ4v) is 2.22. The Morgan fingerprint density at radius 2 is 2.06 bits per heavy atom. The highest BCUT2D eigenvalue weighted by Crippen LogP contribution is 2.19. The van der Waals surface area contributed by atoms with E-state index in [0.29, 0.717) is 16.7 Å². The SMILES string of the molecule is Cc1cc(N)nc(SCc2nnc(C)n2C)n1. The molecule has 2 aromatic rings. The van der Waals surface area contributed by atoms with E-state index < -0.39 is 0 Å². The molecule has 0 aliphatic rings. The van der Waals surface area contributed by atoms with Crippen molar-refractivity contribution >= 4 is 17.6 Å². The van der Waals surface area contributed by atoms with Crippen LogP contribution in [0, 0.1) is 13.8 Å². The van der Waals surface area contributed by atoms with Crippen LogP contribution in [-0.2, 0) is 12.8 Å². The third-order valence-corrected chi connectivity index (χ3v) is 3.21. The summed E-state index contributed by atoms with van der Waals surface area (Å²) in [4.78, 5) is 8.46. The first-order chi connectivity index (χ1) is 8.06. The maximum absolute atomic E-state index is 5.66. The number of nitrogen functional groups attached to an aromatic ring is 1. The molecular weight excluding hydrogens is 236 g/mol. The predicted octanol–water partition coefficient (Wildman–Crippen LogP) is 1.10. The van der Waals surface area contributed by atoms with Gasteiger partial charge in [-0.25, -0.2) is 9.97 Å². The van der Waals surface area contributed by atoms with E-state index >= 15 is 0 Å². The number of hydrogen-bond acceptors (Lipinski definition) is 6. The molecule has 6 nitrogen and oxygen atoms in total. The Morgan fingerprint density at radius 3 is 2.65 bits per heavy atom. The highest BCUT2D eigenvalue weighted by molar-refractivity contribution is 7.98. The zero-order valence-electron chi connectivity index (χ0n) is 10.0. The molecular formula is C10H14N6S. The van der Waals surface area contributed by atoms with Crippen molar-refractivity contribution in [2.75, 3.05) is 5.73 Å². The molecule has 0 atom stereocenters. The molecule has 0 aliphatic heterocycles. The second kappa shape index (κ2) is 4.70. The minimum Gasteiger partial charge on any atom is -0.384 e. The van der Waals surface area contributed by atoms with Crippen LogP contribution in [0.1, 0.15) is 17.3 Å². The fraction of sp³-hybridized carbons (Fsp3) is 0.400. The normalized spacial score (nSPS) is 10.8. The Hall–Kier alpha value is -1.63. The molecule has 2 rings (SSSR count). The number of aromatic nitrogens is 5. The van der Waals surface area contributed by atoms with Gasteiger partial charge in [-0.05, 0) is 13.8 Å². The quantitative estimate of drug-likeness (QED) is 0.648. The van der Waals surface area contributed by atoms with Crippen molar-refractivity contribution in [1.82, 2.24) is 24.7 Å². The van der Waals surface area contributed by atoms with Crippen molar-refractivity contribution < 1.29 is 0 Å². The Morgan fingerprint density at radius 1 is 1.29 bits per heavy atom. The van der Waals surface area contributed by atoms with Crippen LogP contribution in [0.2, 0.25) is 0 Å². The van der Waals surface area contributed by atoms with Crippen LogP contribution in [0.3, 0.4) is 0 Å². The smallest absolute Gasteiger partial charge is 0.190 e. The summed E-state index contributed by atoms with van der Waals surface area (Å²) in [6, 6.07) is 1.75. The Bertz CT molecular complexity index is 515. The number of anilines is 1. The van der Waals surface area contributed by atoms with Crippen LogP contribution in [0.15, 0.2) is 11.2 Å². The maximum atomic E-state index is 5.66. The van der Waals surface area contributed by atoms with Gasteiger partial charge in [-0.1, -0.05) is 11.8 Å². The van der Waals surface area contributed by atoms with Gasteiger partial charge in [-0.15, -0.1) is 10.2 Å². The van der Waals surface area contributed by atoms with Crippen LogP contribution in [0.5, 0.6) is 0 Å². The molecule has 0 saturated carbocycles. The van der Waals surface area contributed by atoms with Crippen LogP contribution in [0.4, 0.5) is 5.82 Å². The van der Waals surface area contributed by atoms with Crippen LogP contribution in [0.25, 0.3) is 0 Å². The molecule has 0 amide bonds. The van der Waals surface area contributed by atoms with E-state index in [1.54, 1.807) is 6.07 Å². The third kappa shape index (κ3) is 2.73. The van der Waals surface area contributed by atoms with Crippen molar-refractivity contribution in [3.05, 3.63) is 23.4 Å². The van der Waals surface area contributed by atoms with Gasteiger partial charge in [0, 0.05) is 18.8 Å². The fourth-order valence-electron chi connectivity index (χ4n) is 1.34. The molecule has 0 unspecified atom stereocenters. The van der Waals surface area contributed by atoms with Gasteiger partial charge in [0.15, 0.2) is 5.16 Å². The summed E-state index contributed by atoms with van der Waals surface area (Å²) in [6.45, 7) is 3.82. The van der Waals surface area contributed by atoms with E-state index in [9.17, 15) is 0 Å². The first kappa shape index (κ1) is 11.8. The number of nitrogens with two attached hydrogens (primary N) is 1. The van der Waals surface area contributed by atoms with Gasteiger partial charge >= 0.3 is 0 Å². The number of thioether (sulfide) groups is 1. The van der Waals surface area contributed by atoms with Crippen molar-refractivity contribution in [2.45, 2.75) is 24.8 Å². The van der Waals surface area contributed by atoms with Gasteiger partial charge in [-0.3, -0.25) is 0 Å². The van der Waals surface area contributed by atoms with E-state index in [2.05, 4.69) is 20.2 Å². The first-order valence-corrected chi connectivity index (χ1v) is 6.13. The summed E-state index contributed by atoms with van der Waals surface area (Å²) < 4.78 is 1.95. The topological polar surface area (TPSA) is 82.5 Å². The van der Waals surface area contributed by atoms with Crippen molar-refractivity contribution in [3.63, 3.8) is 0 Å². The first-order valence-electron chi connectivity index (χ1n) is 5.15. The Kier molecular flexibility index (Phi) is 3.28. The third-order valence-electron chi connectivity index (χ3n) is 2.37. The molecule has 0 aromatic carbocycles. The number of rotatable bonds is 3. The lowest BCUT2D eigenvalue weighted by Gasteiger charge is -2.03. The summed E-state index contributed by atoms with van der Waals surface area (Å²) in [5, 5.41) is 8.75. The van der Waals surface area contributed by atoms with E-state index in [0.717, 1.165) is 17.3 Å². The molecule has 0 spiro atoms. The van der Waals surface area contributed by atoms with Crippen LogP contribution < -0.4 is 5.73 Å². The van der Waals surface area contributed by atoms with E-state index in [4.69, 9.17) is 5.73 Å². The Labute approximate surface area is 104 Å². The molecule has 0 radical (unpaired) electrons. The predicted molar refractivity (Wildman–Crippen MR) is 66.5 cm³/mol. The van der Waals surface area contributed by atoms with Crippen LogP contribution >= 0.6 is 11.8 Å². The van der Waals surface area contributed by atoms with Gasteiger partial charge in [0.2, 0.25) is 0 Å². The van der Waals surface area contributed by atoms with Crippen molar-refractivity contribution in [2.24, 2.45) is 7.05 Å². The summed E-state index contributed by atoms with van der Waals surface area (Å²) >= 11 is 1.50. The monoisotopic (exact) mass is 250 g/mol. The van der Waals surface area contributed by atoms with Gasteiger partial charge in [-0.2, -0.15) is 0 Å².